The first-order valence-corrected chi connectivity index (χ1v) is 8.69. The molecule has 24 heavy (non-hydrogen) atoms. The summed E-state index contributed by atoms with van der Waals surface area (Å²) < 4.78 is 11.3. The summed E-state index contributed by atoms with van der Waals surface area (Å²) in [5, 5.41) is 12.8. The van der Waals surface area contributed by atoms with Gasteiger partial charge in [0, 0.05) is 6.54 Å². The van der Waals surface area contributed by atoms with Crippen molar-refractivity contribution in [3.8, 4) is 11.5 Å². The highest BCUT2D eigenvalue weighted by Crippen LogP contribution is 2.29. The van der Waals surface area contributed by atoms with Crippen LogP contribution in [0.25, 0.3) is 0 Å². The van der Waals surface area contributed by atoms with E-state index >= 15 is 0 Å². The maximum Gasteiger partial charge on any atom is 0.347 e. The molecule has 0 spiro atoms. The predicted octanol–water partition coefficient (Wildman–Crippen LogP) is 3.95. The number of hydrogen-bond acceptors (Lipinski definition) is 6. The van der Waals surface area contributed by atoms with E-state index in [0.717, 1.165) is 29.1 Å². The van der Waals surface area contributed by atoms with Crippen LogP contribution >= 0.6 is 11.3 Å². The Morgan fingerprint density at radius 2 is 2.08 bits per heavy atom. The average molecular weight is 350 g/mol. The zero-order valence-electron chi connectivity index (χ0n) is 14.1. The van der Waals surface area contributed by atoms with Crippen LogP contribution in [0.1, 0.15) is 41.2 Å². The number of aromatic nitrogens is 1. The quantitative estimate of drug-likeness (QED) is 0.713. The molecule has 0 fully saturated rings. The fourth-order valence-corrected chi connectivity index (χ4v) is 2.91. The van der Waals surface area contributed by atoms with E-state index in [-0.39, 0.29) is 4.88 Å². The molecule has 0 aliphatic heterocycles. The third-order valence-corrected chi connectivity index (χ3v) is 4.31. The van der Waals surface area contributed by atoms with Crippen molar-refractivity contribution >= 4 is 22.4 Å². The van der Waals surface area contributed by atoms with Gasteiger partial charge in [0.15, 0.2) is 16.6 Å². The summed E-state index contributed by atoms with van der Waals surface area (Å²) in [7, 11) is 0. The summed E-state index contributed by atoms with van der Waals surface area (Å²) in [5.41, 5.74) is 1.53. The van der Waals surface area contributed by atoms with E-state index in [0.29, 0.717) is 36.3 Å². The first-order chi connectivity index (χ1) is 11.5. The number of hydrogen-bond donors (Lipinski definition) is 2. The van der Waals surface area contributed by atoms with Crippen molar-refractivity contribution in [2.45, 2.75) is 33.7 Å². The Labute approximate surface area is 145 Å². The van der Waals surface area contributed by atoms with Gasteiger partial charge >= 0.3 is 5.97 Å². The van der Waals surface area contributed by atoms with Crippen molar-refractivity contribution in [3.63, 3.8) is 0 Å². The largest absolute Gasteiger partial charge is 0.490 e. The molecule has 0 saturated heterocycles. The van der Waals surface area contributed by atoms with E-state index in [4.69, 9.17) is 14.6 Å². The lowest BCUT2D eigenvalue weighted by atomic mass is 10.2. The number of carboxylic acid groups (broad SMARTS) is 1. The summed E-state index contributed by atoms with van der Waals surface area (Å²) in [5.74, 6) is 0.501. The van der Waals surface area contributed by atoms with E-state index in [2.05, 4.69) is 17.2 Å². The van der Waals surface area contributed by atoms with E-state index in [1.54, 1.807) is 6.92 Å². The summed E-state index contributed by atoms with van der Waals surface area (Å²) in [4.78, 5) is 15.6. The zero-order valence-corrected chi connectivity index (χ0v) is 14.9. The molecule has 0 radical (unpaired) electrons. The van der Waals surface area contributed by atoms with Crippen molar-refractivity contribution in [2.75, 3.05) is 18.5 Å². The fourth-order valence-electron chi connectivity index (χ4n) is 2.11. The molecule has 0 bridgehead atoms. The number of carboxylic acids is 1. The number of aromatic carboxylic acids is 1. The topological polar surface area (TPSA) is 80.7 Å². The number of benzene rings is 1. The van der Waals surface area contributed by atoms with E-state index < -0.39 is 5.97 Å². The molecule has 2 aromatic rings. The first kappa shape index (κ1) is 18.1. The number of nitrogens with one attached hydrogen (secondary N) is 1. The Bertz CT molecular complexity index is 700. The second kappa shape index (κ2) is 8.54. The van der Waals surface area contributed by atoms with Gasteiger partial charge in [0.25, 0.3) is 0 Å². The maximum atomic E-state index is 11.1. The van der Waals surface area contributed by atoms with Gasteiger partial charge in [0.2, 0.25) is 0 Å². The lowest BCUT2D eigenvalue weighted by Gasteiger charge is -2.13. The van der Waals surface area contributed by atoms with Crippen LogP contribution in [0.4, 0.5) is 5.13 Å². The molecule has 6 nitrogen and oxygen atoms in total. The number of anilines is 1. The molecule has 0 aliphatic carbocycles. The highest BCUT2D eigenvalue weighted by atomic mass is 32.1. The summed E-state index contributed by atoms with van der Waals surface area (Å²) >= 11 is 1.14. The lowest BCUT2D eigenvalue weighted by Crippen LogP contribution is -2.03. The molecular formula is C17H22N2O4S. The molecule has 7 heteroatoms. The van der Waals surface area contributed by atoms with Gasteiger partial charge in [-0.1, -0.05) is 24.3 Å². The predicted molar refractivity (Wildman–Crippen MR) is 94.5 cm³/mol. The Kier molecular flexibility index (Phi) is 6.43. The molecule has 0 unspecified atom stereocenters. The molecule has 2 rings (SSSR count). The zero-order chi connectivity index (χ0) is 17.5. The average Bonchev–Trinajstić information content (AvgIpc) is 2.93. The standard InChI is InChI=1S/C17H22N2O4S/c1-4-8-23-13-7-6-12(9-14(13)22-5-2)10-18-17-19-11(3)15(24-17)16(20)21/h6-7,9H,4-5,8,10H2,1-3H3,(H,18,19)(H,20,21). The van der Waals surface area contributed by atoms with Crippen molar-refractivity contribution in [3.05, 3.63) is 34.3 Å². The van der Waals surface area contributed by atoms with Gasteiger partial charge in [-0.15, -0.1) is 0 Å². The molecule has 1 aromatic heterocycles. The lowest BCUT2D eigenvalue weighted by molar-refractivity contribution is 0.0701. The molecule has 1 heterocycles. The number of aryl methyl sites for hydroxylation is 1. The first-order valence-electron chi connectivity index (χ1n) is 7.88. The van der Waals surface area contributed by atoms with Gasteiger partial charge in [-0.25, -0.2) is 9.78 Å². The Morgan fingerprint density at radius 1 is 1.29 bits per heavy atom. The second-order valence-electron chi connectivity index (χ2n) is 5.15. The van der Waals surface area contributed by atoms with Crippen LogP contribution < -0.4 is 14.8 Å². The van der Waals surface area contributed by atoms with Gasteiger partial charge in [0.1, 0.15) is 4.88 Å². The van der Waals surface area contributed by atoms with Crippen molar-refractivity contribution in [2.24, 2.45) is 0 Å². The van der Waals surface area contributed by atoms with Crippen LogP contribution in [-0.2, 0) is 6.54 Å². The van der Waals surface area contributed by atoms with E-state index in [1.165, 1.54) is 0 Å². The van der Waals surface area contributed by atoms with Crippen LogP contribution in [0.2, 0.25) is 0 Å². The van der Waals surface area contributed by atoms with Crippen molar-refractivity contribution < 1.29 is 19.4 Å². The molecule has 2 N–H and O–H groups in total. The number of ether oxygens (including phenoxy) is 2. The molecule has 0 amide bonds. The van der Waals surface area contributed by atoms with Crippen LogP contribution in [0.15, 0.2) is 18.2 Å². The summed E-state index contributed by atoms with van der Waals surface area (Å²) in [6.07, 6.45) is 0.935. The highest BCUT2D eigenvalue weighted by Gasteiger charge is 2.14. The van der Waals surface area contributed by atoms with Gasteiger partial charge in [-0.2, -0.15) is 0 Å². The highest BCUT2D eigenvalue weighted by molar-refractivity contribution is 7.17. The molecule has 1 aromatic carbocycles. The monoisotopic (exact) mass is 350 g/mol. The molecule has 130 valence electrons. The molecule has 0 aliphatic rings. The summed E-state index contributed by atoms with van der Waals surface area (Å²) in [6, 6.07) is 5.78. The Balaban J connectivity index is 2.07. The smallest absolute Gasteiger partial charge is 0.347 e. The van der Waals surface area contributed by atoms with Gasteiger partial charge < -0.3 is 19.9 Å². The number of carbonyl (C=O) groups is 1. The Hall–Kier alpha value is -2.28. The van der Waals surface area contributed by atoms with Crippen molar-refractivity contribution in [1.29, 1.82) is 0 Å². The number of thiazole rings is 1. The number of rotatable bonds is 9. The molecular weight excluding hydrogens is 328 g/mol. The molecule has 0 saturated carbocycles. The van der Waals surface area contributed by atoms with Crippen molar-refractivity contribution in [1.82, 2.24) is 4.98 Å². The van der Waals surface area contributed by atoms with Gasteiger partial charge in [0.05, 0.1) is 18.9 Å². The van der Waals surface area contributed by atoms with Crippen LogP contribution in [0, 0.1) is 6.92 Å². The molecule has 0 atom stereocenters. The van der Waals surface area contributed by atoms with E-state index in [9.17, 15) is 4.79 Å². The third-order valence-electron chi connectivity index (χ3n) is 3.20. The minimum absolute atomic E-state index is 0.260. The van der Waals surface area contributed by atoms with Crippen LogP contribution in [-0.4, -0.2) is 29.3 Å². The van der Waals surface area contributed by atoms with Crippen LogP contribution in [0.5, 0.6) is 11.5 Å². The fraction of sp³-hybridized carbons (Fsp3) is 0.412. The summed E-state index contributed by atoms with van der Waals surface area (Å²) in [6.45, 7) is 7.42. The minimum Gasteiger partial charge on any atom is -0.490 e. The van der Waals surface area contributed by atoms with Crippen LogP contribution in [0.3, 0.4) is 0 Å². The minimum atomic E-state index is -0.950. The van der Waals surface area contributed by atoms with E-state index in [1.807, 2.05) is 25.1 Å². The van der Waals surface area contributed by atoms with Gasteiger partial charge in [-0.05, 0) is 38.0 Å². The maximum absolute atomic E-state index is 11.1. The Morgan fingerprint density at radius 3 is 2.71 bits per heavy atom. The number of nitrogens with zero attached hydrogens (tertiary/aromatic N) is 1. The SMILES string of the molecule is CCCOc1ccc(CNc2nc(C)c(C(=O)O)s2)cc1OCC. The normalized spacial score (nSPS) is 10.5. The van der Waals surface area contributed by atoms with Gasteiger partial charge in [-0.3, -0.25) is 0 Å². The second-order valence-corrected chi connectivity index (χ2v) is 6.15. The third kappa shape index (κ3) is 4.61.